The molecule has 1 aromatic carbocycles. The highest BCUT2D eigenvalue weighted by molar-refractivity contribution is 7.98. The van der Waals surface area contributed by atoms with Crippen molar-refractivity contribution in [1.29, 1.82) is 5.26 Å². The molecule has 0 heterocycles. The van der Waals surface area contributed by atoms with Gasteiger partial charge in [-0.25, -0.2) is 0 Å². The molecule has 4 nitrogen and oxygen atoms in total. The number of aliphatic hydroxyl groups is 1. The molecule has 0 fully saturated rings. The maximum Gasteiger partial charge on any atom is 0.119 e. The lowest BCUT2D eigenvalue weighted by Gasteiger charge is -2.17. The van der Waals surface area contributed by atoms with Crippen molar-refractivity contribution in [3.05, 3.63) is 29.8 Å². The van der Waals surface area contributed by atoms with Gasteiger partial charge in [-0.2, -0.15) is 17.0 Å². The Morgan fingerprint density at radius 2 is 2.10 bits per heavy atom. The molecule has 5 heteroatoms. The summed E-state index contributed by atoms with van der Waals surface area (Å²) in [6, 6.07) is 9.32. The van der Waals surface area contributed by atoms with E-state index in [2.05, 4.69) is 24.6 Å². The first-order valence-electron chi connectivity index (χ1n) is 6.69. The second kappa shape index (κ2) is 9.65. The van der Waals surface area contributed by atoms with E-state index in [4.69, 9.17) is 10.00 Å². The number of nitrogens with zero attached hydrogens (tertiary/aromatic N) is 1. The first-order chi connectivity index (χ1) is 9.65. The number of nitrogens with one attached hydrogen (secondary N) is 1. The lowest BCUT2D eigenvalue weighted by molar-refractivity contribution is 0.104. The molecule has 2 unspecified atom stereocenters. The van der Waals surface area contributed by atoms with Crippen molar-refractivity contribution in [3.63, 3.8) is 0 Å². The first kappa shape index (κ1) is 16.8. The molecule has 1 aromatic rings. The summed E-state index contributed by atoms with van der Waals surface area (Å²) in [5, 5.41) is 21.8. The van der Waals surface area contributed by atoms with Crippen LogP contribution >= 0.6 is 11.8 Å². The number of thioether (sulfide) groups is 1. The van der Waals surface area contributed by atoms with Crippen molar-refractivity contribution in [2.75, 3.05) is 25.2 Å². The molecule has 0 aliphatic rings. The summed E-state index contributed by atoms with van der Waals surface area (Å²) < 4.78 is 5.48. The number of rotatable bonds is 9. The third-order valence-corrected chi connectivity index (χ3v) is 3.53. The highest BCUT2D eigenvalue weighted by Crippen LogP contribution is 2.11. The van der Waals surface area contributed by atoms with Crippen LogP contribution in [0.15, 0.2) is 24.3 Å². The summed E-state index contributed by atoms with van der Waals surface area (Å²) in [6.45, 7) is 2.88. The molecule has 0 spiro atoms. The van der Waals surface area contributed by atoms with Crippen LogP contribution in [0.5, 0.6) is 5.75 Å². The largest absolute Gasteiger partial charge is 0.491 e. The van der Waals surface area contributed by atoms with E-state index in [-0.39, 0.29) is 6.61 Å². The molecule has 1 rings (SSSR count). The Hall–Kier alpha value is -1.22. The van der Waals surface area contributed by atoms with Crippen molar-refractivity contribution >= 4 is 11.8 Å². The van der Waals surface area contributed by atoms with Gasteiger partial charge in [-0.3, -0.25) is 0 Å². The highest BCUT2D eigenvalue weighted by Gasteiger charge is 2.08. The van der Waals surface area contributed by atoms with Crippen molar-refractivity contribution in [2.45, 2.75) is 25.5 Å². The van der Waals surface area contributed by atoms with E-state index >= 15 is 0 Å². The average molecular weight is 294 g/mol. The molecule has 110 valence electrons. The SMILES string of the molecule is CSCCC(C)NCC(O)COc1ccc(C#N)cc1. The minimum Gasteiger partial charge on any atom is -0.491 e. The summed E-state index contributed by atoms with van der Waals surface area (Å²) in [6.07, 6.45) is 2.64. The molecule has 0 radical (unpaired) electrons. The molecule has 20 heavy (non-hydrogen) atoms. The fourth-order valence-corrected chi connectivity index (χ4v) is 2.20. The van der Waals surface area contributed by atoms with Crippen LogP contribution < -0.4 is 10.1 Å². The zero-order valence-electron chi connectivity index (χ0n) is 12.0. The monoisotopic (exact) mass is 294 g/mol. The molecule has 0 aliphatic carbocycles. The summed E-state index contributed by atoms with van der Waals surface area (Å²) in [5.41, 5.74) is 0.599. The second-order valence-electron chi connectivity index (χ2n) is 4.69. The quantitative estimate of drug-likeness (QED) is 0.729. The summed E-state index contributed by atoms with van der Waals surface area (Å²) in [7, 11) is 0. The van der Waals surface area contributed by atoms with Crippen LogP contribution in [0.25, 0.3) is 0 Å². The van der Waals surface area contributed by atoms with Crippen LogP contribution in [0.1, 0.15) is 18.9 Å². The molecular weight excluding hydrogens is 272 g/mol. The van der Waals surface area contributed by atoms with Gasteiger partial charge in [0.1, 0.15) is 18.5 Å². The third kappa shape index (κ3) is 6.80. The Morgan fingerprint density at radius 1 is 1.40 bits per heavy atom. The lowest BCUT2D eigenvalue weighted by atomic mass is 10.2. The van der Waals surface area contributed by atoms with Crippen LogP contribution in [0.3, 0.4) is 0 Å². The van der Waals surface area contributed by atoms with Gasteiger partial charge in [-0.05, 0) is 49.6 Å². The Labute approximate surface area is 125 Å². The normalized spacial score (nSPS) is 13.5. The van der Waals surface area contributed by atoms with Crippen LogP contribution in [-0.4, -0.2) is 42.4 Å². The maximum absolute atomic E-state index is 9.84. The molecule has 0 aromatic heterocycles. The van der Waals surface area contributed by atoms with Gasteiger partial charge in [0.05, 0.1) is 11.6 Å². The van der Waals surface area contributed by atoms with E-state index in [1.54, 1.807) is 24.3 Å². The number of benzene rings is 1. The predicted molar refractivity (Wildman–Crippen MR) is 83.1 cm³/mol. The van der Waals surface area contributed by atoms with Gasteiger partial charge in [-0.15, -0.1) is 0 Å². The Kier molecular flexibility index (Phi) is 8.12. The van der Waals surface area contributed by atoms with E-state index in [0.717, 1.165) is 12.2 Å². The molecular formula is C15H22N2O2S. The topological polar surface area (TPSA) is 65.3 Å². The summed E-state index contributed by atoms with van der Waals surface area (Å²) in [4.78, 5) is 0. The van der Waals surface area contributed by atoms with Gasteiger partial charge in [0.15, 0.2) is 0 Å². The van der Waals surface area contributed by atoms with Crippen molar-refractivity contribution in [1.82, 2.24) is 5.32 Å². The molecule has 0 saturated carbocycles. The fourth-order valence-electron chi connectivity index (χ4n) is 1.61. The Balaban J connectivity index is 2.22. The number of nitriles is 1. The van der Waals surface area contributed by atoms with E-state index < -0.39 is 6.10 Å². The molecule has 2 atom stereocenters. The van der Waals surface area contributed by atoms with E-state index in [1.807, 2.05) is 11.8 Å². The zero-order valence-corrected chi connectivity index (χ0v) is 12.8. The Morgan fingerprint density at radius 3 is 2.70 bits per heavy atom. The van der Waals surface area contributed by atoms with E-state index in [1.165, 1.54) is 0 Å². The minimum absolute atomic E-state index is 0.244. The summed E-state index contributed by atoms with van der Waals surface area (Å²) in [5.74, 6) is 1.78. The standard InChI is InChI=1S/C15H22N2O2S/c1-12(7-8-20-2)17-10-14(18)11-19-15-5-3-13(9-16)4-6-15/h3-6,12,14,17-18H,7-8,10-11H2,1-2H3. The van der Waals surface area contributed by atoms with Crippen molar-refractivity contribution in [3.8, 4) is 11.8 Å². The van der Waals surface area contributed by atoms with Gasteiger partial charge in [0, 0.05) is 12.6 Å². The first-order valence-corrected chi connectivity index (χ1v) is 8.08. The smallest absolute Gasteiger partial charge is 0.119 e. The summed E-state index contributed by atoms with van der Waals surface area (Å²) >= 11 is 1.82. The van der Waals surface area contributed by atoms with Crippen LogP contribution in [0.4, 0.5) is 0 Å². The van der Waals surface area contributed by atoms with E-state index in [9.17, 15) is 5.11 Å². The molecule has 0 aliphatic heterocycles. The average Bonchev–Trinajstić information content (AvgIpc) is 2.49. The predicted octanol–water partition coefficient (Wildman–Crippen LogP) is 2.03. The second-order valence-corrected chi connectivity index (χ2v) is 5.68. The van der Waals surface area contributed by atoms with Gasteiger partial charge >= 0.3 is 0 Å². The number of hydrogen-bond donors (Lipinski definition) is 2. The van der Waals surface area contributed by atoms with Gasteiger partial charge in [-0.1, -0.05) is 0 Å². The van der Waals surface area contributed by atoms with Gasteiger partial charge in [0.25, 0.3) is 0 Å². The van der Waals surface area contributed by atoms with Crippen LogP contribution in [0, 0.1) is 11.3 Å². The molecule has 0 bridgehead atoms. The van der Waals surface area contributed by atoms with Crippen LogP contribution in [0.2, 0.25) is 0 Å². The fraction of sp³-hybridized carbons (Fsp3) is 0.533. The Bertz CT molecular complexity index is 417. The van der Waals surface area contributed by atoms with Gasteiger partial charge in [0.2, 0.25) is 0 Å². The molecule has 0 amide bonds. The molecule has 0 saturated heterocycles. The van der Waals surface area contributed by atoms with Crippen molar-refractivity contribution in [2.24, 2.45) is 0 Å². The van der Waals surface area contributed by atoms with Crippen molar-refractivity contribution < 1.29 is 9.84 Å². The van der Waals surface area contributed by atoms with E-state index in [0.29, 0.717) is 23.9 Å². The van der Waals surface area contributed by atoms with Crippen LogP contribution in [-0.2, 0) is 0 Å². The zero-order chi connectivity index (χ0) is 14.8. The minimum atomic E-state index is -0.539. The highest BCUT2D eigenvalue weighted by atomic mass is 32.2. The number of aliphatic hydroxyl groups excluding tert-OH is 1. The number of hydrogen-bond acceptors (Lipinski definition) is 5. The maximum atomic E-state index is 9.84. The molecule has 2 N–H and O–H groups in total. The third-order valence-electron chi connectivity index (χ3n) is 2.88. The number of ether oxygens (including phenoxy) is 1. The lowest BCUT2D eigenvalue weighted by Crippen LogP contribution is -2.36. The van der Waals surface area contributed by atoms with Gasteiger partial charge < -0.3 is 15.2 Å².